The maximum absolute atomic E-state index is 12.3. The highest BCUT2D eigenvalue weighted by Gasteiger charge is 2.21. The van der Waals surface area contributed by atoms with Gasteiger partial charge in [-0.15, -0.1) is 0 Å². The maximum atomic E-state index is 12.3. The van der Waals surface area contributed by atoms with Gasteiger partial charge in [-0.05, 0) is 41.5 Å². The second-order valence-electron chi connectivity index (χ2n) is 5.74. The van der Waals surface area contributed by atoms with E-state index in [4.69, 9.17) is 10.00 Å². The van der Waals surface area contributed by atoms with Crippen molar-refractivity contribution in [3.05, 3.63) is 83.7 Å². The van der Waals surface area contributed by atoms with Crippen LogP contribution in [0, 0.1) is 11.3 Å². The zero-order valence-electron chi connectivity index (χ0n) is 14.3. The van der Waals surface area contributed by atoms with Gasteiger partial charge in [0, 0.05) is 18.1 Å². The van der Waals surface area contributed by atoms with Crippen molar-refractivity contribution in [2.75, 3.05) is 12.4 Å². The molecule has 0 aliphatic rings. The molecule has 1 heterocycles. The summed E-state index contributed by atoms with van der Waals surface area (Å²) in [5.74, 6) is -0.419. The van der Waals surface area contributed by atoms with Crippen molar-refractivity contribution >= 4 is 11.7 Å². The number of nitrogens with one attached hydrogen (secondary N) is 1. The Morgan fingerprint density at radius 3 is 2.85 bits per heavy atom. The SMILES string of the molecule is COC(=O)[C@@H](Nc1cccc(Cn2cccn2)c1)c1cccc(C#N)c1. The lowest BCUT2D eigenvalue weighted by Crippen LogP contribution is -2.22. The molecule has 26 heavy (non-hydrogen) atoms. The number of hydrogen-bond acceptors (Lipinski definition) is 5. The minimum atomic E-state index is -0.701. The summed E-state index contributed by atoms with van der Waals surface area (Å²) in [6, 6.07) is 17.9. The highest BCUT2D eigenvalue weighted by Crippen LogP contribution is 2.23. The smallest absolute Gasteiger partial charge is 0.332 e. The predicted octanol–water partition coefficient (Wildman–Crippen LogP) is 3.13. The van der Waals surface area contributed by atoms with Crippen LogP contribution in [0.4, 0.5) is 5.69 Å². The summed E-state index contributed by atoms with van der Waals surface area (Å²) in [6.07, 6.45) is 3.63. The molecular formula is C20H18N4O2. The Bertz CT molecular complexity index is 929. The topological polar surface area (TPSA) is 79.9 Å². The molecule has 1 N–H and O–H groups in total. The first-order valence-corrected chi connectivity index (χ1v) is 8.10. The van der Waals surface area contributed by atoms with Gasteiger partial charge in [-0.3, -0.25) is 4.68 Å². The van der Waals surface area contributed by atoms with Crippen LogP contribution in [0.25, 0.3) is 0 Å². The quantitative estimate of drug-likeness (QED) is 0.694. The zero-order chi connectivity index (χ0) is 18.4. The minimum Gasteiger partial charge on any atom is -0.467 e. The first kappa shape index (κ1) is 17.2. The third-order valence-electron chi connectivity index (χ3n) is 3.93. The lowest BCUT2D eigenvalue weighted by molar-refractivity contribution is -0.141. The van der Waals surface area contributed by atoms with Crippen LogP contribution in [-0.4, -0.2) is 22.9 Å². The molecule has 1 atom stereocenters. The molecule has 6 heteroatoms. The van der Waals surface area contributed by atoms with E-state index in [9.17, 15) is 4.79 Å². The number of methoxy groups -OCH3 is 1. The fourth-order valence-electron chi connectivity index (χ4n) is 2.69. The van der Waals surface area contributed by atoms with Gasteiger partial charge in [0.15, 0.2) is 6.04 Å². The Balaban J connectivity index is 1.85. The molecule has 3 aromatic rings. The van der Waals surface area contributed by atoms with Crippen LogP contribution in [-0.2, 0) is 16.1 Å². The Morgan fingerprint density at radius 2 is 2.12 bits per heavy atom. The number of carbonyl (C=O) groups is 1. The van der Waals surface area contributed by atoms with Crippen molar-refractivity contribution in [1.82, 2.24) is 9.78 Å². The zero-order valence-corrected chi connectivity index (χ0v) is 14.3. The van der Waals surface area contributed by atoms with Crippen LogP contribution in [0.2, 0.25) is 0 Å². The van der Waals surface area contributed by atoms with Crippen molar-refractivity contribution in [2.24, 2.45) is 0 Å². The van der Waals surface area contributed by atoms with Crippen LogP contribution in [0.3, 0.4) is 0 Å². The summed E-state index contributed by atoms with van der Waals surface area (Å²) in [6.45, 7) is 0.634. The van der Waals surface area contributed by atoms with E-state index in [0.29, 0.717) is 17.7 Å². The number of hydrogen-bond donors (Lipinski definition) is 1. The van der Waals surface area contributed by atoms with Gasteiger partial charge >= 0.3 is 5.97 Å². The van der Waals surface area contributed by atoms with E-state index >= 15 is 0 Å². The van der Waals surface area contributed by atoms with E-state index in [1.807, 2.05) is 41.2 Å². The van der Waals surface area contributed by atoms with Crippen molar-refractivity contribution in [3.8, 4) is 6.07 Å². The number of carbonyl (C=O) groups excluding carboxylic acids is 1. The van der Waals surface area contributed by atoms with Crippen molar-refractivity contribution in [1.29, 1.82) is 5.26 Å². The molecule has 0 saturated carbocycles. The summed E-state index contributed by atoms with van der Waals surface area (Å²) in [7, 11) is 1.35. The maximum Gasteiger partial charge on any atom is 0.332 e. The van der Waals surface area contributed by atoms with Crippen LogP contribution in [0.1, 0.15) is 22.7 Å². The second-order valence-corrected chi connectivity index (χ2v) is 5.74. The molecule has 2 aromatic carbocycles. The third-order valence-corrected chi connectivity index (χ3v) is 3.93. The molecule has 3 rings (SSSR count). The number of aromatic nitrogens is 2. The van der Waals surface area contributed by atoms with Crippen LogP contribution in [0.15, 0.2) is 67.0 Å². The van der Waals surface area contributed by atoms with Gasteiger partial charge in [-0.25, -0.2) is 4.79 Å². The Labute approximate surface area is 151 Å². The molecule has 6 nitrogen and oxygen atoms in total. The number of nitriles is 1. The van der Waals surface area contributed by atoms with E-state index in [-0.39, 0.29) is 0 Å². The first-order chi connectivity index (χ1) is 12.7. The lowest BCUT2D eigenvalue weighted by Gasteiger charge is -2.19. The fourth-order valence-corrected chi connectivity index (χ4v) is 2.69. The Kier molecular flexibility index (Phi) is 5.30. The van der Waals surface area contributed by atoms with E-state index in [1.165, 1.54) is 7.11 Å². The largest absolute Gasteiger partial charge is 0.467 e. The summed E-state index contributed by atoms with van der Waals surface area (Å²) in [5.41, 5.74) is 3.00. The van der Waals surface area contributed by atoms with Gasteiger partial charge in [0.05, 0.1) is 25.3 Å². The number of rotatable bonds is 6. The highest BCUT2D eigenvalue weighted by molar-refractivity contribution is 5.81. The molecule has 0 fully saturated rings. The number of esters is 1. The van der Waals surface area contributed by atoms with E-state index in [1.54, 1.807) is 30.5 Å². The Hall–Kier alpha value is -3.59. The van der Waals surface area contributed by atoms with Gasteiger partial charge in [0.2, 0.25) is 0 Å². The van der Waals surface area contributed by atoms with E-state index < -0.39 is 12.0 Å². The van der Waals surface area contributed by atoms with Crippen LogP contribution >= 0.6 is 0 Å². The van der Waals surface area contributed by atoms with Crippen LogP contribution in [0.5, 0.6) is 0 Å². The van der Waals surface area contributed by atoms with Gasteiger partial charge < -0.3 is 10.1 Å². The number of benzene rings is 2. The third kappa shape index (κ3) is 4.08. The molecule has 130 valence electrons. The second kappa shape index (κ2) is 7.99. The lowest BCUT2D eigenvalue weighted by atomic mass is 10.0. The summed E-state index contributed by atoms with van der Waals surface area (Å²) in [4.78, 5) is 12.3. The molecule has 0 aliphatic heterocycles. The number of ether oxygens (including phenoxy) is 1. The van der Waals surface area contributed by atoms with Gasteiger partial charge in [-0.2, -0.15) is 10.4 Å². The summed E-state index contributed by atoms with van der Waals surface area (Å²) in [5, 5.41) is 16.5. The normalized spacial score (nSPS) is 11.4. The summed E-state index contributed by atoms with van der Waals surface area (Å²) >= 11 is 0. The molecule has 0 unspecified atom stereocenters. The predicted molar refractivity (Wildman–Crippen MR) is 97.3 cm³/mol. The first-order valence-electron chi connectivity index (χ1n) is 8.10. The van der Waals surface area contributed by atoms with Crippen molar-refractivity contribution < 1.29 is 9.53 Å². The van der Waals surface area contributed by atoms with Gasteiger partial charge in [0.25, 0.3) is 0 Å². The standard InChI is InChI=1S/C20H18N4O2/c1-26-20(25)19(17-7-2-5-15(11-17)13-21)23-18-8-3-6-16(12-18)14-24-10-4-9-22-24/h2-12,19,23H,14H2,1H3/t19-/m0/s1. The van der Waals surface area contributed by atoms with Crippen molar-refractivity contribution in [3.63, 3.8) is 0 Å². The van der Waals surface area contributed by atoms with Crippen LogP contribution < -0.4 is 5.32 Å². The van der Waals surface area contributed by atoms with E-state index in [2.05, 4.69) is 16.5 Å². The number of nitrogens with zero attached hydrogens (tertiary/aromatic N) is 3. The summed E-state index contributed by atoms with van der Waals surface area (Å²) < 4.78 is 6.76. The Morgan fingerprint density at radius 1 is 1.27 bits per heavy atom. The van der Waals surface area contributed by atoms with Gasteiger partial charge in [0.1, 0.15) is 0 Å². The fraction of sp³-hybridized carbons (Fsp3) is 0.150. The molecule has 0 radical (unpaired) electrons. The minimum absolute atomic E-state index is 0.419. The molecular weight excluding hydrogens is 328 g/mol. The molecule has 0 aliphatic carbocycles. The average molecular weight is 346 g/mol. The highest BCUT2D eigenvalue weighted by atomic mass is 16.5. The molecule has 1 aromatic heterocycles. The monoisotopic (exact) mass is 346 g/mol. The number of anilines is 1. The molecule has 0 amide bonds. The van der Waals surface area contributed by atoms with Gasteiger partial charge in [-0.1, -0.05) is 24.3 Å². The molecule has 0 bridgehead atoms. The molecule has 0 spiro atoms. The molecule has 0 saturated heterocycles. The average Bonchev–Trinajstić information content (AvgIpc) is 3.19. The van der Waals surface area contributed by atoms with E-state index in [0.717, 1.165) is 11.3 Å². The van der Waals surface area contributed by atoms with Crippen molar-refractivity contribution in [2.45, 2.75) is 12.6 Å².